The number of carboxylic acid groups (broad SMARTS) is 4. The predicted molar refractivity (Wildman–Crippen MR) is 102 cm³/mol. The highest BCUT2D eigenvalue weighted by Crippen LogP contribution is 2.38. The molecule has 0 aliphatic carbocycles. The summed E-state index contributed by atoms with van der Waals surface area (Å²) >= 11 is 0. The molecular weight excluding hydrogens is 443 g/mol. The molecule has 0 aromatic rings. The molecule has 0 radical (unpaired) electrons. The van der Waals surface area contributed by atoms with Crippen LogP contribution in [0.25, 0.3) is 0 Å². The van der Waals surface area contributed by atoms with E-state index in [0.717, 1.165) is 0 Å². The minimum atomic E-state index is -4.62. The van der Waals surface area contributed by atoms with E-state index >= 15 is 0 Å². The second kappa shape index (κ2) is 13.7. The van der Waals surface area contributed by atoms with E-state index in [1.54, 1.807) is 0 Å². The fraction of sp³-hybridized carbons (Fsp3) is 0.688. The van der Waals surface area contributed by atoms with Crippen molar-refractivity contribution < 1.29 is 58.4 Å². The van der Waals surface area contributed by atoms with Gasteiger partial charge in [-0.15, -0.1) is 0 Å². The van der Waals surface area contributed by atoms with Crippen molar-refractivity contribution in [3.8, 4) is 0 Å². The highest BCUT2D eigenvalue weighted by Gasteiger charge is 2.29. The van der Waals surface area contributed by atoms with E-state index in [9.17, 15) is 33.4 Å². The molecule has 0 aliphatic rings. The zero-order chi connectivity index (χ0) is 24.2. The van der Waals surface area contributed by atoms with Crippen molar-refractivity contribution >= 4 is 37.5 Å². The van der Waals surface area contributed by atoms with Crippen LogP contribution in [-0.2, 0) is 33.1 Å². The van der Waals surface area contributed by atoms with Gasteiger partial charge in [-0.25, -0.2) is 14.4 Å². The molecule has 1 amide bonds. The molecule has 0 heterocycles. The number of nitrogens with one attached hydrogen (secondary N) is 2. The molecule has 31 heavy (non-hydrogen) atoms. The van der Waals surface area contributed by atoms with Crippen LogP contribution >= 0.6 is 7.75 Å². The van der Waals surface area contributed by atoms with Crippen LogP contribution in [0.3, 0.4) is 0 Å². The summed E-state index contributed by atoms with van der Waals surface area (Å²) in [5.41, 5.74) is 0. The molecule has 4 atom stereocenters. The van der Waals surface area contributed by atoms with Crippen LogP contribution in [0.2, 0.25) is 0 Å². The Bertz CT molecular complexity index is 713. The molecule has 0 saturated heterocycles. The highest BCUT2D eigenvalue weighted by molar-refractivity contribution is 7.50. The van der Waals surface area contributed by atoms with Crippen LogP contribution in [0, 0.1) is 5.92 Å². The number of carbonyl (C=O) groups is 5. The number of rotatable bonds is 17. The third kappa shape index (κ3) is 13.4. The Morgan fingerprint density at radius 2 is 1.45 bits per heavy atom. The lowest BCUT2D eigenvalue weighted by Gasteiger charge is -2.19. The lowest BCUT2D eigenvalue weighted by molar-refractivity contribution is -0.143. The van der Waals surface area contributed by atoms with Gasteiger partial charge in [0, 0.05) is 12.8 Å². The first-order valence-corrected chi connectivity index (χ1v) is 10.8. The molecule has 0 bridgehead atoms. The van der Waals surface area contributed by atoms with Gasteiger partial charge in [0.25, 0.3) is 0 Å². The Kier molecular flexibility index (Phi) is 12.6. The summed E-state index contributed by atoms with van der Waals surface area (Å²) in [5, 5.41) is 39.5. The van der Waals surface area contributed by atoms with Gasteiger partial charge in [-0.2, -0.15) is 0 Å². The fourth-order valence-electron chi connectivity index (χ4n) is 2.22. The lowest BCUT2D eigenvalue weighted by Crippen LogP contribution is -2.41. The second-order valence-corrected chi connectivity index (χ2v) is 8.24. The number of hydrogen-bond donors (Lipinski definition) is 7. The molecule has 0 aliphatic heterocycles. The molecule has 3 unspecified atom stereocenters. The van der Waals surface area contributed by atoms with Gasteiger partial charge < -0.3 is 30.6 Å². The minimum Gasteiger partial charge on any atom is -0.481 e. The Labute approximate surface area is 177 Å². The Morgan fingerprint density at radius 3 is 1.94 bits per heavy atom. The minimum absolute atomic E-state index is 0.0165. The van der Waals surface area contributed by atoms with Gasteiger partial charge in [0.2, 0.25) is 5.91 Å². The Morgan fingerprint density at radius 1 is 0.871 bits per heavy atom. The number of aliphatic carboxylic acids is 4. The van der Waals surface area contributed by atoms with E-state index in [-0.39, 0.29) is 25.7 Å². The van der Waals surface area contributed by atoms with Gasteiger partial charge >= 0.3 is 31.6 Å². The highest BCUT2D eigenvalue weighted by atomic mass is 31.2. The summed E-state index contributed by atoms with van der Waals surface area (Å²) in [5.74, 6) is -6.75. The molecule has 0 aromatic heterocycles. The number of hydrogen-bond acceptors (Lipinski definition) is 7. The summed E-state index contributed by atoms with van der Waals surface area (Å²) in [6.45, 7) is 0.946. The van der Waals surface area contributed by atoms with Crippen LogP contribution in [-0.4, -0.2) is 73.8 Å². The summed E-state index contributed by atoms with van der Waals surface area (Å²) in [6, 6.07) is -2.99. The first kappa shape index (κ1) is 28.5. The van der Waals surface area contributed by atoms with Crippen molar-refractivity contribution in [2.75, 3.05) is 6.61 Å². The van der Waals surface area contributed by atoms with Gasteiger partial charge in [-0.1, -0.05) is 6.92 Å². The molecule has 0 rings (SSSR count). The SMILES string of the molecule is CC(CCC(=O)N[C@@H](CCCOP(=O)(O)NC(CCC(=O)O)C(=O)O)C(=O)O)C(=O)O. The maximum atomic E-state index is 11.9. The van der Waals surface area contributed by atoms with Gasteiger partial charge in [0.15, 0.2) is 0 Å². The lowest BCUT2D eigenvalue weighted by atomic mass is 10.1. The van der Waals surface area contributed by atoms with E-state index < -0.39 is 75.0 Å². The van der Waals surface area contributed by atoms with E-state index in [1.807, 2.05) is 5.09 Å². The van der Waals surface area contributed by atoms with E-state index in [1.165, 1.54) is 6.92 Å². The summed E-state index contributed by atoms with van der Waals surface area (Å²) in [4.78, 5) is 65.0. The number of carboxylic acids is 4. The molecule has 178 valence electrons. The van der Waals surface area contributed by atoms with Gasteiger partial charge in [0.1, 0.15) is 12.1 Å². The molecule has 0 spiro atoms. The maximum absolute atomic E-state index is 11.9. The maximum Gasteiger partial charge on any atom is 0.403 e. The van der Waals surface area contributed by atoms with Crippen molar-refractivity contribution in [3.63, 3.8) is 0 Å². The summed E-state index contributed by atoms with van der Waals surface area (Å²) in [6.07, 6.45) is -1.49. The van der Waals surface area contributed by atoms with Crippen LogP contribution in [0.1, 0.15) is 45.4 Å². The van der Waals surface area contributed by atoms with Gasteiger partial charge in [-0.05, 0) is 25.7 Å². The molecule has 0 fully saturated rings. The molecular formula is C16H27N2O12P. The smallest absolute Gasteiger partial charge is 0.403 e. The summed E-state index contributed by atoms with van der Waals surface area (Å²) < 4.78 is 16.6. The standard InChI is InChI=1S/C16H27N2O12P/c1-9(14(22)23)4-6-12(19)17-10(15(24)25)3-2-8-30-31(28,29)18-11(16(26)27)5-7-13(20)21/h9-11H,2-8H2,1H3,(H,17,19)(H,20,21)(H,22,23)(H,24,25)(H,26,27)(H2,18,28,29)/t9?,10-,11?/m0/s1. The summed E-state index contributed by atoms with van der Waals surface area (Å²) in [7, 11) is -4.62. The largest absolute Gasteiger partial charge is 0.481 e. The van der Waals surface area contributed by atoms with Gasteiger partial charge in [0.05, 0.1) is 12.5 Å². The number of amides is 1. The van der Waals surface area contributed by atoms with Crippen molar-refractivity contribution in [2.24, 2.45) is 5.92 Å². The van der Waals surface area contributed by atoms with E-state index in [4.69, 9.17) is 20.4 Å². The molecule has 15 heteroatoms. The zero-order valence-corrected chi connectivity index (χ0v) is 17.6. The third-order valence-electron chi connectivity index (χ3n) is 4.03. The van der Waals surface area contributed by atoms with Crippen molar-refractivity contribution in [1.29, 1.82) is 0 Å². The molecule has 0 aromatic carbocycles. The average molecular weight is 470 g/mol. The van der Waals surface area contributed by atoms with Crippen LogP contribution in [0.15, 0.2) is 0 Å². The average Bonchev–Trinajstić information content (AvgIpc) is 2.64. The monoisotopic (exact) mass is 470 g/mol. The van der Waals surface area contributed by atoms with E-state index in [2.05, 4.69) is 9.84 Å². The topological polar surface area (TPSA) is 237 Å². The first-order chi connectivity index (χ1) is 14.2. The normalized spacial score (nSPS) is 15.8. The molecule has 0 saturated carbocycles. The van der Waals surface area contributed by atoms with Gasteiger partial charge in [-0.3, -0.25) is 23.7 Å². The Hall–Kier alpha value is -2.54. The van der Waals surface area contributed by atoms with Crippen LogP contribution in [0.4, 0.5) is 0 Å². The van der Waals surface area contributed by atoms with Crippen molar-refractivity contribution in [3.05, 3.63) is 0 Å². The van der Waals surface area contributed by atoms with Crippen molar-refractivity contribution in [1.82, 2.24) is 10.4 Å². The van der Waals surface area contributed by atoms with Crippen LogP contribution in [0.5, 0.6) is 0 Å². The first-order valence-electron chi connectivity index (χ1n) is 9.20. The quantitative estimate of drug-likeness (QED) is 0.108. The predicted octanol–water partition coefficient (Wildman–Crippen LogP) is -0.138. The molecule has 7 N–H and O–H groups in total. The van der Waals surface area contributed by atoms with Crippen molar-refractivity contribution in [2.45, 2.75) is 57.5 Å². The molecule has 14 nitrogen and oxygen atoms in total. The zero-order valence-electron chi connectivity index (χ0n) is 16.7. The third-order valence-corrected chi connectivity index (χ3v) is 5.20. The fourth-order valence-corrected chi connectivity index (χ4v) is 3.30. The van der Waals surface area contributed by atoms with E-state index in [0.29, 0.717) is 0 Å². The second-order valence-electron chi connectivity index (χ2n) is 6.68. The Balaban J connectivity index is 4.52. The van der Waals surface area contributed by atoms with Crippen LogP contribution < -0.4 is 10.4 Å². The number of carbonyl (C=O) groups excluding carboxylic acids is 1.